The Morgan fingerprint density at radius 1 is 1.20 bits per heavy atom. The zero-order valence-electron chi connectivity index (χ0n) is 17.0. The van der Waals surface area contributed by atoms with Crippen LogP contribution < -0.4 is 5.56 Å². The Labute approximate surface area is 173 Å². The molecule has 3 aromatic rings. The third kappa shape index (κ3) is 3.89. The minimum atomic E-state index is -0.293. The van der Waals surface area contributed by atoms with E-state index < -0.39 is 0 Å². The van der Waals surface area contributed by atoms with Gasteiger partial charge in [0, 0.05) is 50.4 Å². The van der Waals surface area contributed by atoms with Crippen LogP contribution in [0.15, 0.2) is 53.5 Å². The van der Waals surface area contributed by atoms with Gasteiger partial charge in [-0.2, -0.15) is 5.10 Å². The van der Waals surface area contributed by atoms with E-state index in [1.54, 1.807) is 25.1 Å². The van der Waals surface area contributed by atoms with Crippen LogP contribution in [0.1, 0.15) is 22.5 Å². The van der Waals surface area contributed by atoms with Crippen LogP contribution in [0.25, 0.3) is 16.5 Å². The smallest absolute Gasteiger partial charge is 0.269 e. The topological polar surface area (TPSA) is 91.3 Å². The molecule has 0 fully saturated rings. The molecular formula is C22H23N5O3. The molecule has 0 aliphatic carbocycles. The van der Waals surface area contributed by atoms with Crippen LogP contribution in [-0.2, 0) is 11.3 Å². The van der Waals surface area contributed by atoms with Gasteiger partial charge in [0.2, 0.25) is 5.91 Å². The van der Waals surface area contributed by atoms with Gasteiger partial charge in [-0.05, 0) is 35.8 Å². The fourth-order valence-corrected chi connectivity index (χ4v) is 3.58. The number of amides is 2. The normalized spacial score (nSPS) is 13.9. The molecule has 1 N–H and O–H groups in total. The maximum atomic E-state index is 12.7. The number of hydrogen-bond acceptors (Lipinski definition) is 4. The second-order valence-corrected chi connectivity index (χ2v) is 7.54. The molecule has 1 aliphatic heterocycles. The lowest BCUT2D eigenvalue weighted by atomic mass is 10.00. The quantitative estimate of drug-likeness (QED) is 0.716. The molecule has 0 unspecified atom stereocenters. The Kier molecular flexibility index (Phi) is 5.22. The van der Waals surface area contributed by atoms with Crippen LogP contribution in [-0.4, -0.2) is 63.6 Å². The summed E-state index contributed by atoms with van der Waals surface area (Å²) >= 11 is 0. The number of nitrogens with zero attached hydrogens (tertiary/aromatic N) is 4. The minimum absolute atomic E-state index is 0.0708. The molecule has 8 nitrogen and oxygen atoms in total. The predicted octanol–water partition coefficient (Wildman–Crippen LogP) is 1.74. The van der Waals surface area contributed by atoms with Gasteiger partial charge in [0.05, 0.1) is 0 Å². The summed E-state index contributed by atoms with van der Waals surface area (Å²) in [6.07, 6.45) is 4.37. The van der Waals surface area contributed by atoms with Crippen molar-refractivity contribution in [3.8, 4) is 0 Å². The van der Waals surface area contributed by atoms with E-state index in [2.05, 4.69) is 16.2 Å². The SMILES string of the molecule is CN(C)C(=O)c1cc2ccc(C3=CCCN(C(=O)Cn4ncccc4=O)C3)cc2[nH]1. The number of rotatable bonds is 4. The van der Waals surface area contributed by atoms with E-state index >= 15 is 0 Å². The molecule has 4 rings (SSSR count). The number of benzene rings is 1. The molecule has 3 heterocycles. The first-order chi connectivity index (χ1) is 14.4. The minimum Gasteiger partial charge on any atom is -0.351 e. The fourth-order valence-electron chi connectivity index (χ4n) is 3.58. The Morgan fingerprint density at radius 3 is 2.80 bits per heavy atom. The first kappa shape index (κ1) is 19.6. The number of aromatic nitrogens is 3. The molecule has 0 bridgehead atoms. The van der Waals surface area contributed by atoms with Gasteiger partial charge in [-0.15, -0.1) is 0 Å². The molecule has 0 radical (unpaired) electrons. The number of carbonyl (C=O) groups excluding carboxylic acids is 2. The van der Waals surface area contributed by atoms with Crippen LogP contribution >= 0.6 is 0 Å². The average molecular weight is 405 g/mol. The van der Waals surface area contributed by atoms with Crippen LogP contribution in [0.5, 0.6) is 0 Å². The van der Waals surface area contributed by atoms with E-state index in [1.807, 2.05) is 24.3 Å². The molecule has 2 aromatic heterocycles. The molecule has 0 spiro atoms. The third-order valence-corrected chi connectivity index (χ3v) is 5.20. The lowest BCUT2D eigenvalue weighted by Crippen LogP contribution is -2.39. The molecule has 30 heavy (non-hydrogen) atoms. The second kappa shape index (κ2) is 7.98. The van der Waals surface area contributed by atoms with Crippen molar-refractivity contribution in [1.82, 2.24) is 24.6 Å². The van der Waals surface area contributed by atoms with Gasteiger partial charge in [0.25, 0.3) is 11.5 Å². The van der Waals surface area contributed by atoms with Crippen molar-refractivity contribution in [2.24, 2.45) is 0 Å². The third-order valence-electron chi connectivity index (χ3n) is 5.20. The van der Waals surface area contributed by atoms with Gasteiger partial charge >= 0.3 is 0 Å². The standard InChI is InChI=1S/C22H23N5O3/c1-25(2)22(30)19-12-16-8-7-15(11-18(16)24-19)17-5-4-10-26(13-17)21(29)14-27-20(28)6-3-9-23-27/h3,5-9,11-12,24H,4,10,13-14H2,1-2H3. The first-order valence-electron chi connectivity index (χ1n) is 9.76. The van der Waals surface area contributed by atoms with Crippen LogP contribution in [0.3, 0.4) is 0 Å². The van der Waals surface area contributed by atoms with Gasteiger partial charge in [-0.3, -0.25) is 14.4 Å². The van der Waals surface area contributed by atoms with Crippen molar-refractivity contribution >= 4 is 28.3 Å². The summed E-state index contributed by atoms with van der Waals surface area (Å²) in [4.78, 5) is 43.2. The Balaban J connectivity index is 1.52. The molecule has 154 valence electrons. The Hall–Kier alpha value is -3.68. The second-order valence-electron chi connectivity index (χ2n) is 7.54. The number of aromatic amines is 1. The highest BCUT2D eigenvalue weighted by Crippen LogP contribution is 2.25. The molecule has 1 aromatic carbocycles. The Bertz CT molecular complexity index is 1200. The molecule has 1 aliphatic rings. The van der Waals surface area contributed by atoms with Crippen molar-refractivity contribution in [3.63, 3.8) is 0 Å². The van der Waals surface area contributed by atoms with E-state index in [9.17, 15) is 14.4 Å². The lowest BCUT2D eigenvalue weighted by Gasteiger charge is -2.27. The highest BCUT2D eigenvalue weighted by molar-refractivity contribution is 5.98. The Morgan fingerprint density at radius 2 is 2.03 bits per heavy atom. The largest absolute Gasteiger partial charge is 0.351 e. The zero-order valence-corrected chi connectivity index (χ0v) is 17.0. The highest BCUT2D eigenvalue weighted by Gasteiger charge is 2.20. The van der Waals surface area contributed by atoms with E-state index in [1.165, 1.54) is 21.8 Å². The number of H-pyrrole nitrogens is 1. The lowest BCUT2D eigenvalue weighted by molar-refractivity contribution is -0.131. The van der Waals surface area contributed by atoms with Crippen LogP contribution in [0, 0.1) is 0 Å². The maximum Gasteiger partial charge on any atom is 0.269 e. The molecular weight excluding hydrogens is 382 g/mol. The van der Waals surface area contributed by atoms with Crippen LogP contribution in [0.2, 0.25) is 0 Å². The summed E-state index contributed by atoms with van der Waals surface area (Å²) in [7, 11) is 3.44. The first-order valence-corrected chi connectivity index (χ1v) is 9.76. The van der Waals surface area contributed by atoms with E-state index in [-0.39, 0.29) is 23.9 Å². The van der Waals surface area contributed by atoms with E-state index in [0.29, 0.717) is 18.8 Å². The summed E-state index contributed by atoms with van der Waals surface area (Å²) < 4.78 is 1.18. The van der Waals surface area contributed by atoms with Gasteiger partial charge in [-0.1, -0.05) is 18.2 Å². The summed E-state index contributed by atoms with van der Waals surface area (Å²) in [5, 5.41) is 4.92. The van der Waals surface area contributed by atoms with Crippen molar-refractivity contribution < 1.29 is 9.59 Å². The van der Waals surface area contributed by atoms with Gasteiger partial charge in [0.15, 0.2) is 0 Å². The molecule has 0 atom stereocenters. The maximum absolute atomic E-state index is 12.7. The fraction of sp³-hybridized carbons (Fsp3) is 0.273. The monoisotopic (exact) mass is 405 g/mol. The average Bonchev–Trinajstić information content (AvgIpc) is 3.18. The van der Waals surface area contributed by atoms with Crippen LogP contribution in [0.4, 0.5) is 0 Å². The molecule has 8 heteroatoms. The van der Waals surface area contributed by atoms with Gasteiger partial charge in [0.1, 0.15) is 12.2 Å². The van der Waals surface area contributed by atoms with Crippen molar-refractivity contribution in [2.75, 3.05) is 27.2 Å². The predicted molar refractivity (Wildman–Crippen MR) is 114 cm³/mol. The van der Waals surface area contributed by atoms with Crippen molar-refractivity contribution in [1.29, 1.82) is 0 Å². The number of carbonyl (C=O) groups is 2. The molecule has 2 amide bonds. The summed E-state index contributed by atoms with van der Waals surface area (Å²) in [6, 6.07) is 10.8. The number of fused-ring (bicyclic) bond motifs is 1. The summed E-state index contributed by atoms with van der Waals surface area (Å²) in [5.74, 6) is -0.215. The molecule has 0 saturated carbocycles. The van der Waals surface area contributed by atoms with Gasteiger partial charge in [-0.25, -0.2) is 4.68 Å². The van der Waals surface area contributed by atoms with Gasteiger partial charge < -0.3 is 14.8 Å². The molecule has 0 saturated heterocycles. The number of nitrogens with one attached hydrogen (secondary N) is 1. The highest BCUT2D eigenvalue weighted by atomic mass is 16.2. The summed E-state index contributed by atoms with van der Waals surface area (Å²) in [6.45, 7) is 1.00. The van der Waals surface area contributed by atoms with Crippen molar-refractivity contribution in [3.05, 3.63) is 70.3 Å². The van der Waals surface area contributed by atoms with E-state index in [0.717, 1.165) is 28.5 Å². The summed E-state index contributed by atoms with van der Waals surface area (Å²) in [5.41, 5.74) is 3.17. The zero-order chi connectivity index (χ0) is 21.3. The van der Waals surface area contributed by atoms with E-state index in [4.69, 9.17) is 0 Å². The number of hydrogen-bond donors (Lipinski definition) is 1. The van der Waals surface area contributed by atoms with Crippen molar-refractivity contribution in [2.45, 2.75) is 13.0 Å².